The van der Waals surface area contributed by atoms with Crippen LogP contribution in [-0.2, 0) is 20.3 Å². The van der Waals surface area contributed by atoms with Crippen molar-refractivity contribution in [3.8, 4) is 23.0 Å². The lowest BCUT2D eigenvalue weighted by molar-refractivity contribution is 0.0498. The van der Waals surface area contributed by atoms with Crippen molar-refractivity contribution in [2.75, 3.05) is 18.1 Å². The summed E-state index contributed by atoms with van der Waals surface area (Å²) in [7, 11) is 0. The Labute approximate surface area is 454 Å². The molecule has 0 saturated heterocycles. The van der Waals surface area contributed by atoms with Gasteiger partial charge in [-0.05, 0) is 117 Å². The largest absolute Gasteiger partial charge is 0.462 e. The topological polar surface area (TPSA) is 108 Å². The molecule has 8 aromatic rings. The zero-order valence-corrected chi connectivity index (χ0v) is 47.3. The molecule has 9 heteroatoms. The molecular formula is C68H75NO8. The van der Waals surface area contributed by atoms with E-state index in [-0.39, 0.29) is 47.0 Å². The van der Waals surface area contributed by atoms with Crippen LogP contribution in [0.5, 0.6) is 23.0 Å². The van der Waals surface area contributed by atoms with E-state index in [4.69, 9.17) is 18.9 Å². The zero-order chi connectivity index (χ0) is 55.1. The molecule has 0 spiro atoms. The van der Waals surface area contributed by atoms with Gasteiger partial charge in [0.1, 0.15) is 23.0 Å². The molecule has 1 aliphatic rings. The standard InChI is InChI=1S/C68H75NO8/c1-13-15-17-19-36-74-65(72)51-35-33-49-58-54(76-44-28-24-42(25-29-44)67(7,8)9)38-52-56-50(63(70)69(64(52)71)62-46(40(3)4)22-21-23-47(62)41(5)6)34-32-48(60(56)58)59-55(77-45-30-26-43(27-31-45)68(10,11)12)39-53(57(51)61(49)59)66(73)75-37-20-18-16-14-2/h21-35,38-41H,13-20,36-37H2,1-12H3. The van der Waals surface area contributed by atoms with Gasteiger partial charge < -0.3 is 18.9 Å². The molecule has 400 valence electrons. The number of amides is 2. The molecule has 0 aliphatic carbocycles. The van der Waals surface area contributed by atoms with E-state index in [0.29, 0.717) is 95.7 Å². The molecule has 8 aromatic carbocycles. The number of nitrogens with zero attached hydrogens (tertiary/aromatic N) is 1. The van der Waals surface area contributed by atoms with Gasteiger partial charge in [-0.1, -0.05) is 176 Å². The second-order valence-corrected chi connectivity index (χ2v) is 23.6. The van der Waals surface area contributed by atoms with E-state index >= 15 is 9.59 Å². The highest BCUT2D eigenvalue weighted by Crippen LogP contribution is 2.53. The summed E-state index contributed by atoms with van der Waals surface area (Å²) in [4.78, 5) is 62.1. The van der Waals surface area contributed by atoms with E-state index in [1.54, 1.807) is 24.3 Å². The van der Waals surface area contributed by atoms with Crippen molar-refractivity contribution >= 4 is 72.5 Å². The number of unbranched alkanes of at least 4 members (excludes halogenated alkanes) is 6. The number of hydrogen-bond donors (Lipinski definition) is 0. The highest BCUT2D eigenvalue weighted by atomic mass is 16.5. The predicted molar refractivity (Wildman–Crippen MR) is 313 cm³/mol. The molecule has 0 radical (unpaired) electrons. The molecular weight excluding hydrogens is 959 g/mol. The molecule has 9 rings (SSSR count). The van der Waals surface area contributed by atoms with Gasteiger partial charge in [-0.15, -0.1) is 0 Å². The van der Waals surface area contributed by atoms with Gasteiger partial charge in [0.05, 0.1) is 35.6 Å². The number of fused-ring (bicyclic) bond motifs is 2. The number of hydrogen-bond acceptors (Lipinski definition) is 8. The van der Waals surface area contributed by atoms with Gasteiger partial charge in [0, 0.05) is 37.9 Å². The summed E-state index contributed by atoms with van der Waals surface area (Å²) < 4.78 is 26.3. The Kier molecular flexibility index (Phi) is 15.6. The average molecular weight is 1030 g/mol. The van der Waals surface area contributed by atoms with Crippen LogP contribution in [-0.4, -0.2) is 37.0 Å². The minimum atomic E-state index is -0.597. The quantitative estimate of drug-likeness (QED) is 0.0259. The molecule has 1 aliphatic heterocycles. The van der Waals surface area contributed by atoms with Crippen LogP contribution < -0.4 is 14.4 Å². The minimum Gasteiger partial charge on any atom is -0.462 e. The van der Waals surface area contributed by atoms with Gasteiger partial charge in [-0.3, -0.25) is 9.59 Å². The normalized spacial score (nSPS) is 13.0. The fraction of sp³-hybridized carbons (Fsp3) is 0.382. The van der Waals surface area contributed by atoms with E-state index in [9.17, 15) is 9.59 Å². The molecule has 0 aromatic heterocycles. The number of para-hydroxylation sites is 1. The lowest BCUT2D eigenvalue weighted by Crippen LogP contribution is -2.41. The van der Waals surface area contributed by atoms with Gasteiger partial charge in [-0.2, -0.15) is 0 Å². The average Bonchev–Trinajstić information content (AvgIpc) is 3.59. The van der Waals surface area contributed by atoms with E-state index in [0.717, 1.165) is 60.8 Å². The van der Waals surface area contributed by atoms with Crippen molar-refractivity contribution < 1.29 is 38.1 Å². The lowest BCUT2D eigenvalue weighted by Gasteiger charge is -2.33. The second-order valence-electron chi connectivity index (χ2n) is 23.6. The maximum atomic E-state index is 15.7. The number of benzene rings is 8. The second kappa shape index (κ2) is 22.0. The van der Waals surface area contributed by atoms with Crippen molar-refractivity contribution in [1.82, 2.24) is 0 Å². The number of carbonyl (C=O) groups is 4. The van der Waals surface area contributed by atoms with Crippen molar-refractivity contribution in [3.05, 3.63) is 148 Å². The number of imide groups is 1. The molecule has 2 amide bonds. The molecule has 0 bridgehead atoms. The van der Waals surface area contributed by atoms with Crippen LogP contribution >= 0.6 is 0 Å². The highest BCUT2D eigenvalue weighted by molar-refractivity contribution is 6.44. The summed E-state index contributed by atoms with van der Waals surface area (Å²) in [5.74, 6) is -0.288. The van der Waals surface area contributed by atoms with Crippen molar-refractivity contribution in [3.63, 3.8) is 0 Å². The van der Waals surface area contributed by atoms with Crippen LogP contribution in [0.3, 0.4) is 0 Å². The van der Waals surface area contributed by atoms with E-state index < -0.39 is 23.8 Å². The third kappa shape index (κ3) is 10.5. The minimum absolute atomic E-state index is 0.00238. The summed E-state index contributed by atoms with van der Waals surface area (Å²) in [6, 6.07) is 32.6. The Morgan fingerprint density at radius 1 is 0.481 bits per heavy atom. The summed E-state index contributed by atoms with van der Waals surface area (Å²) >= 11 is 0. The Balaban J connectivity index is 1.40. The van der Waals surface area contributed by atoms with E-state index in [2.05, 4.69) is 83.1 Å². The Bertz CT molecular complexity index is 3510. The molecule has 0 atom stereocenters. The maximum Gasteiger partial charge on any atom is 0.338 e. The molecule has 0 unspecified atom stereocenters. The number of anilines is 1. The van der Waals surface area contributed by atoms with Gasteiger partial charge in [0.2, 0.25) is 0 Å². The van der Waals surface area contributed by atoms with Gasteiger partial charge in [-0.25, -0.2) is 14.5 Å². The molecule has 0 saturated carbocycles. The third-order valence-corrected chi connectivity index (χ3v) is 15.3. The van der Waals surface area contributed by atoms with E-state index in [1.165, 1.54) is 4.90 Å². The van der Waals surface area contributed by atoms with Crippen LogP contribution in [0, 0.1) is 0 Å². The van der Waals surface area contributed by atoms with Gasteiger partial charge in [0.25, 0.3) is 11.8 Å². The van der Waals surface area contributed by atoms with Gasteiger partial charge >= 0.3 is 11.9 Å². The predicted octanol–water partition coefficient (Wildman–Crippen LogP) is 18.4. The molecule has 1 heterocycles. The summed E-state index contributed by atoms with van der Waals surface area (Å²) in [6.45, 7) is 25.9. The first-order chi connectivity index (χ1) is 36.7. The number of carbonyl (C=O) groups excluding carboxylic acids is 4. The first-order valence-corrected chi connectivity index (χ1v) is 28.0. The first kappa shape index (κ1) is 54.5. The third-order valence-electron chi connectivity index (χ3n) is 15.3. The lowest BCUT2D eigenvalue weighted by atomic mass is 9.82. The van der Waals surface area contributed by atoms with E-state index in [1.807, 2.05) is 78.9 Å². The highest BCUT2D eigenvalue weighted by Gasteiger charge is 2.40. The summed E-state index contributed by atoms with van der Waals surface area (Å²) in [6.07, 6.45) is 7.30. The maximum absolute atomic E-state index is 15.7. The van der Waals surface area contributed by atoms with Crippen LogP contribution in [0.1, 0.15) is 210 Å². The Morgan fingerprint density at radius 2 is 0.935 bits per heavy atom. The number of ether oxygens (including phenoxy) is 4. The number of esters is 2. The fourth-order valence-electron chi connectivity index (χ4n) is 11.0. The number of rotatable bonds is 19. The van der Waals surface area contributed by atoms with Crippen molar-refractivity contribution in [2.45, 2.75) is 157 Å². The van der Waals surface area contributed by atoms with Crippen molar-refractivity contribution in [2.24, 2.45) is 0 Å². The zero-order valence-electron chi connectivity index (χ0n) is 47.3. The fourth-order valence-corrected chi connectivity index (χ4v) is 11.0. The van der Waals surface area contributed by atoms with Crippen LogP contribution in [0.4, 0.5) is 5.69 Å². The molecule has 9 nitrogen and oxygen atoms in total. The SMILES string of the molecule is CCCCCCOC(=O)c1ccc2c3c(Oc4ccc(C(C)(C)C)cc4)cc4c5c(ccc(c6c(Oc7ccc(C(C)(C)C)cc7)cc(C(=O)OCCCCCC)c1c26)c53)C(=O)N(c1c(C(C)C)cccc1C(C)C)C4=O. The monoisotopic (exact) mass is 1030 g/mol. The smallest absolute Gasteiger partial charge is 0.338 e. The van der Waals surface area contributed by atoms with Crippen LogP contribution in [0.2, 0.25) is 0 Å². The molecule has 77 heavy (non-hydrogen) atoms. The van der Waals surface area contributed by atoms with Crippen LogP contribution in [0.25, 0.3) is 43.1 Å². The Hall–Kier alpha value is -7.26. The van der Waals surface area contributed by atoms with Crippen LogP contribution in [0.15, 0.2) is 103 Å². The molecule has 0 fully saturated rings. The van der Waals surface area contributed by atoms with Gasteiger partial charge in [0.15, 0.2) is 0 Å². The molecule has 0 N–H and O–H groups in total. The van der Waals surface area contributed by atoms with Crippen molar-refractivity contribution in [1.29, 1.82) is 0 Å². The summed E-state index contributed by atoms with van der Waals surface area (Å²) in [5.41, 5.74) is 5.41. The Morgan fingerprint density at radius 3 is 1.42 bits per heavy atom. The first-order valence-electron chi connectivity index (χ1n) is 28.0. The summed E-state index contributed by atoms with van der Waals surface area (Å²) in [5, 5.41) is 4.44.